The van der Waals surface area contributed by atoms with Gasteiger partial charge in [-0.2, -0.15) is 13.2 Å². The highest BCUT2D eigenvalue weighted by molar-refractivity contribution is 6.00. The highest BCUT2D eigenvalue weighted by Crippen LogP contribution is 2.54. The topological polar surface area (TPSA) is 62.7 Å². The van der Waals surface area contributed by atoms with Crippen molar-refractivity contribution in [2.75, 3.05) is 11.4 Å². The second kappa shape index (κ2) is 6.61. The average molecular weight is 398 g/mol. The third-order valence-electron chi connectivity index (χ3n) is 6.71. The molecule has 1 aliphatic heterocycles. The molecule has 3 aliphatic rings. The van der Waals surface area contributed by atoms with Crippen molar-refractivity contribution in [3.05, 3.63) is 18.5 Å². The zero-order valence-corrected chi connectivity index (χ0v) is 15.8. The maximum Gasteiger partial charge on any atom is 0.425 e. The molecular weight excluding hydrogens is 373 g/mol. The van der Waals surface area contributed by atoms with Crippen LogP contribution in [0.4, 0.5) is 18.9 Å². The molecule has 2 saturated carbocycles. The Kier molecular flexibility index (Phi) is 4.60. The number of amides is 1. The summed E-state index contributed by atoms with van der Waals surface area (Å²) in [6, 6.07) is 1.44. The number of hydrogen-bond donors (Lipinski definition) is 1. The normalized spacial score (nSPS) is 32.0. The molecule has 28 heavy (non-hydrogen) atoms. The van der Waals surface area contributed by atoms with E-state index < -0.39 is 23.3 Å². The summed E-state index contributed by atoms with van der Waals surface area (Å²) < 4.78 is 43.1. The first-order valence-corrected chi connectivity index (χ1v) is 9.86. The van der Waals surface area contributed by atoms with E-state index in [1.165, 1.54) is 18.5 Å². The first kappa shape index (κ1) is 19.5. The van der Waals surface area contributed by atoms with Gasteiger partial charge in [-0.1, -0.05) is 0 Å². The van der Waals surface area contributed by atoms with Crippen LogP contribution >= 0.6 is 0 Å². The van der Waals surface area contributed by atoms with Gasteiger partial charge in [-0.25, -0.2) is 0 Å². The number of carbonyl (C=O) groups is 1. The molecule has 1 spiro atoms. The standard InChI is InChI=1S/C20H25F3N2O3/c1-13(20(21,22)23)28-16-10-15(11-24-12-16)25-9-8-18(17(25)26)4-6-19(27,7-5-18)14-2-3-14/h10-14,27H,2-9H2,1H3/t13-,18?,19?/m1/s1. The molecule has 0 bridgehead atoms. The molecule has 0 aromatic carbocycles. The molecule has 1 N–H and O–H groups in total. The number of ether oxygens (including phenoxy) is 1. The van der Waals surface area contributed by atoms with Crippen LogP contribution in [0.5, 0.6) is 5.75 Å². The van der Waals surface area contributed by atoms with Crippen molar-refractivity contribution in [3.63, 3.8) is 0 Å². The van der Waals surface area contributed by atoms with E-state index in [0.717, 1.165) is 19.8 Å². The van der Waals surface area contributed by atoms with Gasteiger partial charge in [-0.05, 0) is 57.8 Å². The summed E-state index contributed by atoms with van der Waals surface area (Å²) in [5, 5.41) is 10.8. The largest absolute Gasteiger partial charge is 0.480 e. The van der Waals surface area contributed by atoms with Crippen LogP contribution in [0, 0.1) is 11.3 Å². The van der Waals surface area contributed by atoms with Gasteiger partial charge in [-0.3, -0.25) is 9.78 Å². The van der Waals surface area contributed by atoms with Gasteiger partial charge in [0.05, 0.1) is 29.1 Å². The Morgan fingerprint density at radius 2 is 1.89 bits per heavy atom. The minimum absolute atomic E-state index is 0.0113. The van der Waals surface area contributed by atoms with Crippen molar-refractivity contribution < 1.29 is 27.8 Å². The number of nitrogens with zero attached hydrogens (tertiary/aromatic N) is 2. The SMILES string of the molecule is C[C@@H](Oc1cncc(N2CCC3(CCC(O)(C4CC4)CC3)C2=O)c1)C(F)(F)F. The zero-order chi connectivity index (χ0) is 20.2. The molecule has 154 valence electrons. The van der Waals surface area contributed by atoms with E-state index in [-0.39, 0.29) is 11.7 Å². The van der Waals surface area contributed by atoms with Crippen LogP contribution in [-0.2, 0) is 4.79 Å². The van der Waals surface area contributed by atoms with Crippen molar-refractivity contribution >= 4 is 11.6 Å². The summed E-state index contributed by atoms with van der Waals surface area (Å²) in [5.74, 6) is 0.349. The maximum atomic E-state index is 13.2. The summed E-state index contributed by atoms with van der Waals surface area (Å²) in [7, 11) is 0. The molecular formula is C20H25F3N2O3. The van der Waals surface area contributed by atoms with Gasteiger partial charge in [0.1, 0.15) is 5.75 Å². The van der Waals surface area contributed by atoms with Crippen LogP contribution in [0.3, 0.4) is 0 Å². The molecule has 8 heteroatoms. The molecule has 1 amide bonds. The Hall–Kier alpha value is -1.83. The van der Waals surface area contributed by atoms with E-state index in [4.69, 9.17) is 4.74 Å². The van der Waals surface area contributed by atoms with Crippen LogP contribution in [0.2, 0.25) is 0 Å². The number of carbonyl (C=O) groups excluding carboxylic acids is 1. The minimum atomic E-state index is -4.47. The Labute approximate surface area is 161 Å². The lowest BCUT2D eigenvalue weighted by atomic mass is 9.66. The summed E-state index contributed by atoms with van der Waals surface area (Å²) in [4.78, 5) is 18.7. The molecule has 2 aliphatic carbocycles. The summed E-state index contributed by atoms with van der Waals surface area (Å²) >= 11 is 0. The van der Waals surface area contributed by atoms with Crippen molar-refractivity contribution in [1.82, 2.24) is 4.98 Å². The highest BCUT2D eigenvalue weighted by Gasteiger charge is 2.55. The molecule has 1 atom stereocenters. The lowest BCUT2D eigenvalue weighted by Crippen LogP contribution is -2.44. The van der Waals surface area contributed by atoms with E-state index >= 15 is 0 Å². The van der Waals surface area contributed by atoms with Crippen molar-refractivity contribution in [1.29, 1.82) is 0 Å². The number of pyridine rings is 1. The van der Waals surface area contributed by atoms with Gasteiger partial charge in [0.15, 0.2) is 6.10 Å². The van der Waals surface area contributed by atoms with Gasteiger partial charge in [0.25, 0.3) is 0 Å². The van der Waals surface area contributed by atoms with E-state index in [9.17, 15) is 23.1 Å². The van der Waals surface area contributed by atoms with Crippen LogP contribution < -0.4 is 9.64 Å². The zero-order valence-electron chi connectivity index (χ0n) is 15.8. The maximum absolute atomic E-state index is 13.2. The van der Waals surface area contributed by atoms with Crippen LogP contribution in [-0.4, -0.2) is 40.4 Å². The molecule has 0 unspecified atom stereocenters. The van der Waals surface area contributed by atoms with E-state index in [1.54, 1.807) is 4.90 Å². The molecule has 5 nitrogen and oxygen atoms in total. The van der Waals surface area contributed by atoms with Crippen LogP contribution in [0.25, 0.3) is 0 Å². The summed E-state index contributed by atoms with van der Waals surface area (Å²) in [6.45, 7) is 1.44. The van der Waals surface area contributed by atoms with Gasteiger partial charge in [0.2, 0.25) is 5.91 Å². The Morgan fingerprint density at radius 1 is 1.21 bits per heavy atom. The van der Waals surface area contributed by atoms with Gasteiger partial charge in [0, 0.05) is 12.6 Å². The monoisotopic (exact) mass is 398 g/mol. The summed E-state index contributed by atoms with van der Waals surface area (Å²) in [5.41, 5.74) is -0.643. The van der Waals surface area contributed by atoms with E-state index in [2.05, 4.69) is 4.98 Å². The molecule has 2 heterocycles. The van der Waals surface area contributed by atoms with Crippen molar-refractivity contribution in [2.45, 2.75) is 69.8 Å². The molecule has 1 saturated heterocycles. The quantitative estimate of drug-likeness (QED) is 0.837. The highest BCUT2D eigenvalue weighted by atomic mass is 19.4. The fourth-order valence-electron chi connectivity index (χ4n) is 4.61. The number of alkyl halides is 3. The second-order valence-corrected chi connectivity index (χ2v) is 8.55. The third-order valence-corrected chi connectivity index (χ3v) is 6.71. The third kappa shape index (κ3) is 3.47. The van der Waals surface area contributed by atoms with Crippen molar-refractivity contribution in [2.24, 2.45) is 11.3 Å². The fourth-order valence-corrected chi connectivity index (χ4v) is 4.61. The fraction of sp³-hybridized carbons (Fsp3) is 0.700. The van der Waals surface area contributed by atoms with E-state index in [0.29, 0.717) is 50.3 Å². The minimum Gasteiger partial charge on any atom is -0.480 e. The number of anilines is 1. The number of rotatable bonds is 4. The number of aliphatic hydroxyl groups is 1. The lowest BCUT2D eigenvalue weighted by molar-refractivity contribution is -0.189. The van der Waals surface area contributed by atoms with Crippen LogP contribution in [0.15, 0.2) is 18.5 Å². The second-order valence-electron chi connectivity index (χ2n) is 8.55. The number of halogens is 3. The average Bonchev–Trinajstić information content (AvgIpc) is 3.45. The van der Waals surface area contributed by atoms with Gasteiger partial charge < -0.3 is 14.7 Å². The Bertz CT molecular complexity index is 755. The van der Waals surface area contributed by atoms with Gasteiger partial charge >= 0.3 is 6.18 Å². The van der Waals surface area contributed by atoms with Gasteiger partial charge in [-0.15, -0.1) is 0 Å². The predicted molar refractivity (Wildman–Crippen MR) is 95.9 cm³/mol. The Balaban J connectivity index is 1.46. The Morgan fingerprint density at radius 3 is 2.50 bits per heavy atom. The van der Waals surface area contributed by atoms with Crippen molar-refractivity contribution in [3.8, 4) is 5.75 Å². The molecule has 1 aromatic heterocycles. The lowest BCUT2D eigenvalue weighted by Gasteiger charge is -2.41. The molecule has 3 fully saturated rings. The first-order chi connectivity index (χ1) is 13.1. The molecule has 4 rings (SSSR count). The summed E-state index contributed by atoms with van der Waals surface area (Å²) in [6.07, 6.45) is 1.70. The predicted octanol–water partition coefficient (Wildman–Crippen LogP) is 3.85. The number of aromatic nitrogens is 1. The first-order valence-electron chi connectivity index (χ1n) is 9.86. The molecule has 1 aromatic rings. The van der Waals surface area contributed by atoms with E-state index in [1.807, 2.05) is 0 Å². The molecule has 0 radical (unpaired) electrons. The number of hydrogen-bond acceptors (Lipinski definition) is 4. The smallest absolute Gasteiger partial charge is 0.425 e. The van der Waals surface area contributed by atoms with Crippen LogP contribution in [0.1, 0.15) is 51.9 Å².